The van der Waals surface area contributed by atoms with Gasteiger partial charge >= 0.3 is 11.9 Å². The van der Waals surface area contributed by atoms with Crippen molar-refractivity contribution in [1.82, 2.24) is 0 Å². The minimum atomic E-state index is -1.83. The zero-order chi connectivity index (χ0) is 24.1. The molecule has 32 heavy (non-hydrogen) atoms. The number of carbonyl (C=O) groups excluding carboxylic acids is 2. The quantitative estimate of drug-likeness (QED) is 0.0815. The zero-order valence-corrected chi connectivity index (χ0v) is 20.8. The van der Waals surface area contributed by atoms with E-state index < -0.39 is 24.3 Å². The van der Waals surface area contributed by atoms with Gasteiger partial charge in [0.25, 0.3) is 0 Å². The maximum absolute atomic E-state index is 11.8. The van der Waals surface area contributed by atoms with Crippen molar-refractivity contribution in [2.24, 2.45) is 0 Å². The lowest BCUT2D eigenvalue weighted by atomic mass is 10.0. The maximum Gasteiger partial charge on any atom is 0.335 e. The first-order valence-electron chi connectivity index (χ1n) is 12.7. The number of rotatable bonds is 22. The van der Waals surface area contributed by atoms with Crippen LogP contribution < -0.4 is 0 Å². The third-order valence-corrected chi connectivity index (χ3v) is 5.66. The summed E-state index contributed by atoms with van der Waals surface area (Å²) in [5.74, 6) is -3.19. The van der Waals surface area contributed by atoms with Crippen LogP contribution in [-0.2, 0) is 19.1 Å². The molecule has 0 aromatic rings. The van der Waals surface area contributed by atoms with Crippen LogP contribution >= 0.6 is 0 Å². The second-order valence-electron chi connectivity index (χ2n) is 8.98. The van der Waals surface area contributed by atoms with E-state index in [1.807, 2.05) is 0 Å². The molecule has 0 spiro atoms. The molecule has 0 radical (unpaired) electrons. The summed E-state index contributed by atoms with van der Waals surface area (Å²) < 4.78 is 10.0. The van der Waals surface area contributed by atoms with Crippen LogP contribution in [0.15, 0.2) is 24.8 Å². The van der Waals surface area contributed by atoms with Gasteiger partial charge in [-0.05, 0) is 13.3 Å². The van der Waals surface area contributed by atoms with Crippen molar-refractivity contribution < 1.29 is 24.2 Å². The predicted octanol–water partition coefficient (Wildman–Crippen LogP) is 7.18. The molecule has 0 saturated heterocycles. The lowest BCUT2D eigenvalue weighted by molar-refractivity contribution is -0.227. The summed E-state index contributed by atoms with van der Waals surface area (Å²) in [5, 5.41) is 10.6. The fourth-order valence-corrected chi connectivity index (χ4v) is 3.60. The van der Waals surface area contributed by atoms with Gasteiger partial charge in [-0.2, -0.15) is 0 Å². The fraction of sp³-hybridized carbons (Fsp3) is 0.778. The molecule has 0 fully saturated rings. The van der Waals surface area contributed by atoms with Crippen molar-refractivity contribution in [2.75, 3.05) is 6.61 Å². The molecule has 0 saturated carbocycles. The first-order valence-corrected chi connectivity index (χ1v) is 12.7. The van der Waals surface area contributed by atoms with Gasteiger partial charge in [0.2, 0.25) is 5.79 Å². The molecule has 0 aliphatic carbocycles. The molecule has 0 heterocycles. The monoisotopic (exact) mass is 452 g/mol. The van der Waals surface area contributed by atoms with E-state index in [-0.39, 0.29) is 12.0 Å². The number of ether oxygens (including phenoxy) is 2. The Hall–Kier alpha value is -1.62. The molecule has 5 nitrogen and oxygen atoms in total. The van der Waals surface area contributed by atoms with Crippen LogP contribution in [0.3, 0.4) is 0 Å². The summed E-state index contributed by atoms with van der Waals surface area (Å²) >= 11 is 0. The van der Waals surface area contributed by atoms with E-state index in [1.54, 1.807) is 0 Å². The largest absolute Gasteiger partial charge is 0.456 e. The molecule has 0 rings (SSSR count). The Labute approximate surface area is 196 Å². The minimum absolute atomic E-state index is 0.186. The van der Waals surface area contributed by atoms with E-state index in [0.29, 0.717) is 6.42 Å². The average molecular weight is 453 g/mol. The van der Waals surface area contributed by atoms with Crippen molar-refractivity contribution in [2.45, 2.75) is 129 Å². The van der Waals surface area contributed by atoms with Crippen LogP contribution in [0.25, 0.3) is 0 Å². The molecule has 1 N–H and O–H groups in total. The van der Waals surface area contributed by atoms with Gasteiger partial charge < -0.3 is 14.6 Å². The van der Waals surface area contributed by atoms with Gasteiger partial charge in [0.1, 0.15) is 0 Å². The second-order valence-corrected chi connectivity index (χ2v) is 8.98. The number of carbonyl (C=O) groups is 2. The molecule has 0 aliphatic heterocycles. The molecular weight excluding hydrogens is 404 g/mol. The van der Waals surface area contributed by atoms with E-state index in [9.17, 15) is 14.7 Å². The number of aliphatic hydroxyl groups is 1. The summed E-state index contributed by atoms with van der Waals surface area (Å²) in [7, 11) is 0. The number of hydrogen-bond donors (Lipinski definition) is 1. The lowest BCUT2D eigenvalue weighted by Crippen LogP contribution is -2.40. The Morgan fingerprint density at radius 2 is 1.22 bits per heavy atom. The third-order valence-electron chi connectivity index (χ3n) is 5.66. The highest BCUT2D eigenvalue weighted by Gasteiger charge is 2.33. The molecule has 0 aliphatic rings. The standard InChI is InChI=1S/C27H48O5/c1-5-7-8-9-10-11-12-13-14-15-16-17-18-19-20-21-22-27(30,23-31-25(28)6-2)32-26(29)24(3)4/h6,30H,2-3,5,7-23H2,1,4H3. The number of esters is 2. The molecule has 1 unspecified atom stereocenters. The highest BCUT2D eigenvalue weighted by Crippen LogP contribution is 2.21. The van der Waals surface area contributed by atoms with Crippen LogP contribution in [-0.4, -0.2) is 29.4 Å². The summed E-state index contributed by atoms with van der Waals surface area (Å²) in [5.41, 5.74) is 0.186. The van der Waals surface area contributed by atoms with Crippen LogP contribution in [0.1, 0.15) is 123 Å². The van der Waals surface area contributed by atoms with E-state index in [0.717, 1.165) is 18.9 Å². The van der Waals surface area contributed by atoms with E-state index in [1.165, 1.54) is 90.4 Å². The molecular formula is C27H48O5. The maximum atomic E-state index is 11.8. The molecule has 0 aromatic carbocycles. The van der Waals surface area contributed by atoms with E-state index in [2.05, 4.69) is 20.1 Å². The first-order chi connectivity index (χ1) is 15.3. The van der Waals surface area contributed by atoms with Crippen molar-refractivity contribution in [3.63, 3.8) is 0 Å². The zero-order valence-electron chi connectivity index (χ0n) is 20.8. The van der Waals surface area contributed by atoms with Gasteiger partial charge in [0.15, 0.2) is 6.61 Å². The van der Waals surface area contributed by atoms with Gasteiger partial charge in [-0.25, -0.2) is 9.59 Å². The Balaban J connectivity index is 3.79. The van der Waals surface area contributed by atoms with Gasteiger partial charge in [-0.3, -0.25) is 0 Å². The second kappa shape index (κ2) is 20.0. The molecule has 0 aromatic heterocycles. The van der Waals surface area contributed by atoms with Crippen LogP contribution in [0.4, 0.5) is 0 Å². The van der Waals surface area contributed by atoms with Gasteiger partial charge in [-0.1, -0.05) is 116 Å². The molecule has 186 valence electrons. The van der Waals surface area contributed by atoms with E-state index >= 15 is 0 Å². The first kappa shape index (κ1) is 30.4. The normalized spacial score (nSPS) is 12.7. The van der Waals surface area contributed by atoms with Crippen molar-refractivity contribution in [3.8, 4) is 0 Å². The van der Waals surface area contributed by atoms with Crippen molar-refractivity contribution in [1.29, 1.82) is 0 Å². The fourth-order valence-electron chi connectivity index (χ4n) is 3.60. The Kier molecular flexibility index (Phi) is 19.0. The van der Waals surface area contributed by atoms with Gasteiger partial charge in [0.05, 0.1) is 0 Å². The molecule has 1 atom stereocenters. The summed E-state index contributed by atoms with van der Waals surface area (Å²) in [4.78, 5) is 23.1. The minimum Gasteiger partial charge on any atom is -0.456 e. The van der Waals surface area contributed by atoms with Gasteiger partial charge in [-0.15, -0.1) is 0 Å². The highest BCUT2D eigenvalue weighted by atomic mass is 16.7. The molecule has 5 heteroatoms. The number of unbranched alkanes of at least 4 members (excludes halogenated alkanes) is 15. The Bertz CT molecular complexity index is 528. The Morgan fingerprint density at radius 1 is 0.812 bits per heavy atom. The topological polar surface area (TPSA) is 72.8 Å². The molecule has 0 bridgehead atoms. The Morgan fingerprint density at radius 3 is 1.59 bits per heavy atom. The summed E-state index contributed by atoms with van der Waals surface area (Å²) in [6.45, 7) is 10.2. The lowest BCUT2D eigenvalue weighted by Gasteiger charge is -2.27. The van der Waals surface area contributed by atoms with Crippen LogP contribution in [0.5, 0.6) is 0 Å². The third kappa shape index (κ3) is 18.0. The average Bonchev–Trinajstić information content (AvgIpc) is 2.77. The summed E-state index contributed by atoms with van der Waals surface area (Å²) in [6.07, 6.45) is 21.3. The van der Waals surface area contributed by atoms with Crippen molar-refractivity contribution >= 4 is 11.9 Å². The molecule has 0 amide bonds. The van der Waals surface area contributed by atoms with Crippen molar-refractivity contribution in [3.05, 3.63) is 24.8 Å². The SMILES string of the molecule is C=CC(=O)OCC(O)(CCCCCCCCCCCCCCCCCC)OC(=O)C(=C)C. The predicted molar refractivity (Wildman–Crippen MR) is 131 cm³/mol. The summed E-state index contributed by atoms with van der Waals surface area (Å²) in [6, 6.07) is 0. The van der Waals surface area contributed by atoms with Crippen LogP contribution in [0, 0.1) is 0 Å². The van der Waals surface area contributed by atoms with E-state index in [4.69, 9.17) is 9.47 Å². The van der Waals surface area contributed by atoms with Crippen LogP contribution in [0.2, 0.25) is 0 Å². The number of hydrogen-bond acceptors (Lipinski definition) is 5. The smallest absolute Gasteiger partial charge is 0.335 e. The highest BCUT2D eigenvalue weighted by molar-refractivity contribution is 5.87. The van der Waals surface area contributed by atoms with Gasteiger partial charge in [0, 0.05) is 18.1 Å².